The molecule has 2 aliphatic rings. The molecule has 1 saturated carbocycles. The van der Waals surface area contributed by atoms with E-state index in [0.29, 0.717) is 0 Å². The van der Waals surface area contributed by atoms with Crippen molar-refractivity contribution in [1.82, 2.24) is 9.62 Å². The Kier molecular flexibility index (Phi) is 4.61. The van der Waals surface area contributed by atoms with E-state index in [1.807, 2.05) is 0 Å². The lowest BCUT2D eigenvalue weighted by atomic mass is 10.2. The van der Waals surface area contributed by atoms with Crippen molar-refractivity contribution in [1.29, 1.82) is 0 Å². The van der Waals surface area contributed by atoms with Crippen molar-refractivity contribution < 1.29 is 27.9 Å². The number of carbonyl (C=O) groups is 2. The minimum atomic E-state index is -3.78. The summed E-state index contributed by atoms with van der Waals surface area (Å²) in [4.78, 5) is 22.5. The van der Waals surface area contributed by atoms with Crippen LogP contribution in [0.1, 0.15) is 19.3 Å². The van der Waals surface area contributed by atoms with Crippen LogP contribution in [0.3, 0.4) is 0 Å². The summed E-state index contributed by atoms with van der Waals surface area (Å²) in [5.74, 6) is -2.05. The molecule has 1 saturated heterocycles. The Morgan fingerprint density at radius 1 is 1.35 bits per heavy atom. The van der Waals surface area contributed by atoms with E-state index in [9.17, 15) is 18.0 Å². The second-order valence-electron chi connectivity index (χ2n) is 4.94. The minimum Gasteiger partial charge on any atom is -0.481 e. The smallest absolute Gasteiger partial charge is 0.304 e. The Hall–Kier alpha value is -1.19. The average molecular weight is 306 g/mol. The number of nitrogens with zero attached hydrogens (tertiary/aromatic N) is 1. The van der Waals surface area contributed by atoms with Crippen LogP contribution in [0.15, 0.2) is 0 Å². The summed E-state index contributed by atoms with van der Waals surface area (Å²) in [5.41, 5.74) is 0. The summed E-state index contributed by atoms with van der Waals surface area (Å²) in [7, 11) is -3.78. The molecule has 1 unspecified atom stereocenters. The number of carboxylic acids is 1. The summed E-state index contributed by atoms with van der Waals surface area (Å²) in [6, 6.07) is -0.767. The molecule has 1 amide bonds. The molecule has 9 heteroatoms. The van der Waals surface area contributed by atoms with Crippen LogP contribution in [0.25, 0.3) is 0 Å². The van der Waals surface area contributed by atoms with Crippen LogP contribution in [0.5, 0.6) is 0 Å². The van der Waals surface area contributed by atoms with Gasteiger partial charge >= 0.3 is 5.97 Å². The predicted molar refractivity (Wildman–Crippen MR) is 68.5 cm³/mol. The molecule has 2 N–H and O–H groups in total. The lowest BCUT2D eigenvalue weighted by Crippen LogP contribution is -2.56. The van der Waals surface area contributed by atoms with Crippen LogP contribution in [0.2, 0.25) is 0 Å². The van der Waals surface area contributed by atoms with E-state index < -0.39 is 34.2 Å². The standard InChI is InChI=1S/C11H18N2O6S/c14-10(15)3-6-20(17,18)13-4-5-19-7-9(13)11(16)12-8-1-2-8/h8-9H,1-7H2,(H,12,16)(H,14,15). The molecule has 1 heterocycles. The first-order valence-corrected chi connectivity index (χ1v) is 8.10. The molecule has 0 aromatic heterocycles. The third-order valence-corrected chi connectivity index (χ3v) is 5.11. The zero-order valence-electron chi connectivity index (χ0n) is 10.9. The zero-order chi connectivity index (χ0) is 14.8. The number of nitrogens with one attached hydrogen (secondary N) is 1. The van der Waals surface area contributed by atoms with E-state index in [1.54, 1.807) is 0 Å². The first-order valence-electron chi connectivity index (χ1n) is 6.49. The summed E-state index contributed by atoms with van der Waals surface area (Å²) >= 11 is 0. The maximum atomic E-state index is 12.1. The van der Waals surface area contributed by atoms with E-state index in [2.05, 4.69) is 5.32 Å². The quantitative estimate of drug-likeness (QED) is 0.635. The molecule has 0 aromatic carbocycles. The number of ether oxygens (including phenoxy) is 1. The van der Waals surface area contributed by atoms with Crippen LogP contribution in [-0.4, -0.2) is 67.3 Å². The van der Waals surface area contributed by atoms with Gasteiger partial charge in [0, 0.05) is 12.6 Å². The van der Waals surface area contributed by atoms with Gasteiger partial charge in [0.15, 0.2) is 0 Å². The highest BCUT2D eigenvalue weighted by Crippen LogP contribution is 2.20. The fourth-order valence-electron chi connectivity index (χ4n) is 1.99. The van der Waals surface area contributed by atoms with E-state index in [1.165, 1.54) is 0 Å². The number of rotatable bonds is 6. The molecule has 8 nitrogen and oxygen atoms in total. The number of morpholine rings is 1. The van der Waals surface area contributed by atoms with Crippen molar-refractivity contribution in [2.45, 2.75) is 31.3 Å². The zero-order valence-corrected chi connectivity index (χ0v) is 11.8. The number of carbonyl (C=O) groups excluding carboxylic acids is 1. The molecule has 114 valence electrons. The average Bonchev–Trinajstić information content (AvgIpc) is 3.20. The normalized spacial score (nSPS) is 24.3. The van der Waals surface area contributed by atoms with Crippen molar-refractivity contribution >= 4 is 21.9 Å². The molecular weight excluding hydrogens is 288 g/mol. The Bertz CT molecular complexity index is 487. The molecule has 1 atom stereocenters. The second-order valence-corrected chi connectivity index (χ2v) is 6.99. The Morgan fingerprint density at radius 2 is 2.05 bits per heavy atom. The summed E-state index contributed by atoms with van der Waals surface area (Å²) < 4.78 is 30.5. The van der Waals surface area contributed by atoms with Crippen molar-refractivity contribution in [3.05, 3.63) is 0 Å². The van der Waals surface area contributed by atoms with Gasteiger partial charge in [-0.3, -0.25) is 9.59 Å². The topological polar surface area (TPSA) is 113 Å². The van der Waals surface area contributed by atoms with Gasteiger partial charge in [-0.15, -0.1) is 0 Å². The second kappa shape index (κ2) is 6.06. The third kappa shape index (κ3) is 3.90. The van der Waals surface area contributed by atoms with Gasteiger partial charge in [0.05, 0.1) is 25.4 Å². The Balaban J connectivity index is 2.04. The Morgan fingerprint density at radius 3 is 2.65 bits per heavy atom. The highest BCUT2D eigenvalue weighted by Gasteiger charge is 2.39. The van der Waals surface area contributed by atoms with Crippen LogP contribution >= 0.6 is 0 Å². The molecule has 0 spiro atoms. The van der Waals surface area contributed by atoms with Gasteiger partial charge in [0.2, 0.25) is 15.9 Å². The number of hydrogen-bond donors (Lipinski definition) is 2. The van der Waals surface area contributed by atoms with Crippen molar-refractivity contribution in [2.75, 3.05) is 25.5 Å². The highest BCUT2D eigenvalue weighted by atomic mass is 32.2. The van der Waals surface area contributed by atoms with Crippen molar-refractivity contribution in [2.24, 2.45) is 0 Å². The van der Waals surface area contributed by atoms with Gasteiger partial charge in [0.25, 0.3) is 0 Å². The van der Waals surface area contributed by atoms with Gasteiger partial charge in [0.1, 0.15) is 6.04 Å². The lowest BCUT2D eigenvalue weighted by molar-refractivity contribution is -0.136. The summed E-state index contributed by atoms with van der Waals surface area (Å²) in [5, 5.41) is 11.3. The van der Waals surface area contributed by atoms with Crippen molar-refractivity contribution in [3.8, 4) is 0 Å². The molecule has 0 aromatic rings. The molecule has 0 radical (unpaired) electrons. The van der Waals surface area contributed by atoms with Gasteiger partial charge in [-0.05, 0) is 12.8 Å². The highest BCUT2D eigenvalue weighted by molar-refractivity contribution is 7.89. The largest absolute Gasteiger partial charge is 0.481 e. The van der Waals surface area contributed by atoms with E-state index >= 15 is 0 Å². The van der Waals surface area contributed by atoms with E-state index in [4.69, 9.17) is 9.84 Å². The number of aliphatic carboxylic acids is 1. The summed E-state index contributed by atoms with van der Waals surface area (Å²) in [6.45, 7) is 0.287. The maximum Gasteiger partial charge on any atom is 0.304 e. The van der Waals surface area contributed by atoms with E-state index in [0.717, 1.165) is 17.1 Å². The number of hydrogen-bond acceptors (Lipinski definition) is 5. The van der Waals surface area contributed by atoms with Crippen LogP contribution in [-0.2, 0) is 24.3 Å². The molecule has 2 fully saturated rings. The first-order chi connectivity index (χ1) is 9.40. The first kappa shape index (κ1) is 15.2. The number of amides is 1. The molecular formula is C11H18N2O6S. The van der Waals surface area contributed by atoms with Crippen LogP contribution < -0.4 is 5.32 Å². The predicted octanol–water partition coefficient (Wildman–Crippen LogP) is -1.23. The molecule has 1 aliphatic carbocycles. The Labute approximate surface area is 117 Å². The lowest BCUT2D eigenvalue weighted by Gasteiger charge is -2.33. The maximum absolute atomic E-state index is 12.1. The third-order valence-electron chi connectivity index (χ3n) is 3.24. The number of sulfonamides is 1. The van der Waals surface area contributed by atoms with Gasteiger partial charge in [-0.25, -0.2) is 8.42 Å². The fraction of sp³-hybridized carbons (Fsp3) is 0.818. The molecule has 1 aliphatic heterocycles. The molecule has 0 bridgehead atoms. The monoisotopic (exact) mass is 306 g/mol. The van der Waals surface area contributed by atoms with Crippen LogP contribution in [0, 0.1) is 0 Å². The van der Waals surface area contributed by atoms with Crippen molar-refractivity contribution in [3.63, 3.8) is 0 Å². The SMILES string of the molecule is O=C(O)CCS(=O)(=O)N1CCOCC1C(=O)NC1CC1. The van der Waals surface area contributed by atoms with Gasteiger partial charge in [-0.1, -0.05) is 0 Å². The van der Waals surface area contributed by atoms with Gasteiger partial charge in [-0.2, -0.15) is 4.31 Å². The number of carboxylic acid groups (broad SMARTS) is 1. The molecule has 2 rings (SSSR count). The fourth-order valence-corrected chi connectivity index (χ4v) is 3.55. The van der Waals surface area contributed by atoms with Gasteiger partial charge < -0.3 is 15.2 Å². The molecule has 20 heavy (non-hydrogen) atoms. The van der Waals surface area contributed by atoms with Crippen LogP contribution in [0.4, 0.5) is 0 Å². The summed E-state index contributed by atoms with van der Waals surface area (Å²) in [6.07, 6.45) is 1.34. The minimum absolute atomic E-state index is 0.00482. The van der Waals surface area contributed by atoms with E-state index in [-0.39, 0.29) is 31.7 Å².